The second-order valence-corrected chi connectivity index (χ2v) is 8.17. The van der Waals surface area contributed by atoms with E-state index in [4.69, 9.17) is 14.1 Å². The van der Waals surface area contributed by atoms with E-state index in [1.54, 1.807) is 7.11 Å². The number of hydrogen-bond acceptors (Lipinski definition) is 7. The molecule has 0 N–H and O–H groups in total. The minimum Gasteiger partial charge on any atom is -0.496 e. The molecule has 0 aliphatic heterocycles. The lowest BCUT2D eigenvalue weighted by molar-refractivity contribution is 0.313. The van der Waals surface area contributed by atoms with E-state index < -0.39 is 0 Å². The van der Waals surface area contributed by atoms with Crippen LogP contribution in [-0.2, 0) is 13.1 Å². The van der Waals surface area contributed by atoms with E-state index in [1.165, 1.54) is 17.3 Å². The van der Waals surface area contributed by atoms with E-state index in [9.17, 15) is 0 Å². The summed E-state index contributed by atoms with van der Waals surface area (Å²) in [4.78, 5) is 7.06. The third-order valence-corrected chi connectivity index (χ3v) is 5.97. The summed E-state index contributed by atoms with van der Waals surface area (Å²) in [6.45, 7) is 3.45. The number of aromatic nitrogens is 3. The molecule has 5 aromatic rings. The lowest BCUT2D eigenvalue weighted by Crippen LogP contribution is -2.18. The highest BCUT2D eigenvalue weighted by molar-refractivity contribution is 7.00. The van der Waals surface area contributed by atoms with Crippen LogP contribution < -0.4 is 4.74 Å². The summed E-state index contributed by atoms with van der Waals surface area (Å²) < 4.78 is 20.2. The Morgan fingerprint density at radius 2 is 1.77 bits per heavy atom. The average Bonchev–Trinajstić information content (AvgIpc) is 3.39. The van der Waals surface area contributed by atoms with Crippen molar-refractivity contribution in [1.82, 2.24) is 18.6 Å². The zero-order chi connectivity index (χ0) is 21.4. The van der Waals surface area contributed by atoms with Crippen molar-refractivity contribution >= 4 is 33.5 Å². The molecule has 2 aromatic heterocycles. The van der Waals surface area contributed by atoms with Gasteiger partial charge in [-0.15, -0.1) is 0 Å². The smallest absolute Gasteiger partial charge is 0.227 e. The van der Waals surface area contributed by atoms with Crippen LogP contribution in [0.1, 0.15) is 17.0 Å². The van der Waals surface area contributed by atoms with Crippen molar-refractivity contribution in [3.05, 3.63) is 71.6 Å². The van der Waals surface area contributed by atoms with E-state index in [2.05, 4.69) is 45.0 Å². The minimum absolute atomic E-state index is 0.634. The van der Waals surface area contributed by atoms with Gasteiger partial charge in [0.25, 0.3) is 0 Å². The number of oxazole rings is 1. The number of rotatable bonds is 6. The second kappa shape index (κ2) is 8.09. The zero-order valence-electron chi connectivity index (χ0n) is 17.6. The van der Waals surface area contributed by atoms with Crippen LogP contribution in [0.2, 0.25) is 0 Å². The molecule has 156 valence electrons. The van der Waals surface area contributed by atoms with Gasteiger partial charge in [0.2, 0.25) is 5.89 Å². The van der Waals surface area contributed by atoms with E-state index in [0.717, 1.165) is 51.1 Å². The summed E-state index contributed by atoms with van der Waals surface area (Å²) in [5.74, 6) is 2.31. The van der Waals surface area contributed by atoms with Crippen LogP contribution in [0, 0.1) is 6.92 Å². The fourth-order valence-corrected chi connectivity index (χ4v) is 4.39. The summed E-state index contributed by atoms with van der Waals surface area (Å²) in [6.07, 6.45) is 0. The van der Waals surface area contributed by atoms with Crippen molar-refractivity contribution in [1.29, 1.82) is 0 Å². The first-order chi connectivity index (χ1) is 15.1. The van der Waals surface area contributed by atoms with Crippen LogP contribution >= 0.6 is 11.7 Å². The topological polar surface area (TPSA) is 64.3 Å². The quantitative estimate of drug-likeness (QED) is 0.357. The van der Waals surface area contributed by atoms with E-state index in [-0.39, 0.29) is 0 Å². The van der Waals surface area contributed by atoms with Gasteiger partial charge in [0.05, 0.1) is 24.5 Å². The van der Waals surface area contributed by atoms with Crippen LogP contribution in [0.5, 0.6) is 5.75 Å². The van der Waals surface area contributed by atoms with E-state index in [0.29, 0.717) is 12.4 Å². The lowest BCUT2D eigenvalue weighted by atomic mass is 10.0. The predicted octanol–water partition coefficient (Wildman–Crippen LogP) is 5.45. The number of aryl methyl sites for hydroxylation is 1. The molecule has 6 nitrogen and oxygen atoms in total. The number of benzene rings is 3. The molecule has 31 heavy (non-hydrogen) atoms. The molecule has 0 aliphatic rings. The molecule has 0 atom stereocenters. The van der Waals surface area contributed by atoms with Crippen LogP contribution in [0.15, 0.2) is 59.0 Å². The van der Waals surface area contributed by atoms with Crippen LogP contribution in [0.3, 0.4) is 0 Å². The number of fused-ring (bicyclic) bond motifs is 2. The SMILES string of the molecule is COc1ccc(-c2nc(CN(C)Cc3ccc4nsnc4c3)c(C)o2)c2ccccc12. The fourth-order valence-electron chi connectivity index (χ4n) is 3.88. The molecule has 0 unspecified atom stereocenters. The summed E-state index contributed by atoms with van der Waals surface area (Å²) in [5, 5.41) is 2.11. The highest BCUT2D eigenvalue weighted by Crippen LogP contribution is 2.34. The minimum atomic E-state index is 0.634. The summed E-state index contributed by atoms with van der Waals surface area (Å²) in [7, 11) is 3.77. The highest BCUT2D eigenvalue weighted by atomic mass is 32.1. The molecule has 0 aliphatic carbocycles. The first-order valence-electron chi connectivity index (χ1n) is 10.0. The predicted molar refractivity (Wildman–Crippen MR) is 123 cm³/mol. The van der Waals surface area contributed by atoms with Crippen molar-refractivity contribution < 1.29 is 9.15 Å². The molecule has 0 fully saturated rings. The third-order valence-electron chi connectivity index (χ3n) is 5.42. The van der Waals surface area contributed by atoms with Crippen LogP contribution in [0.25, 0.3) is 33.3 Å². The monoisotopic (exact) mass is 430 g/mol. The van der Waals surface area contributed by atoms with Crippen LogP contribution in [0.4, 0.5) is 0 Å². The van der Waals surface area contributed by atoms with Gasteiger partial charge < -0.3 is 9.15 Å². The van der Waals surface area contributed by atoms with Crippen molar-refractivity contribution in [2.75, 3.05) is 14.2 Å². The molecule has 7 heteroatoms. The Balaban J connectivity index is 1.40. The van der Waals surface area contributed by atoms with Gasteiger partial charge in [-0.1, -0.05) is 30.3 Å². The standard InChI is InChI=1S/C24H22N4O2S/c1-15-22(14-28(2)13-16-8-10-20-21(12-16)27-31-26-20)25-24(30-15)19-9-11-23(29-3)18-7-5-4-6-17(18)19/h4-12H,13-14H2,1-3H3. The largest absolute Gasteiger partial charge is 0.496 e. The van der Waals surface area contributed by atoms with Gasteiger partial charge in [-0.05, 0) is 49.2 Å². The van der Waals surface area contributed by atoms with Crippen LogP contribution in [-0.4, -0.2) is 32.8 Å². The van der Waals surface area contributed by atoms with Gasteiger partial charge in [0, 0.05) is 24.0 Å². The number of nitrogens with zero attached hydrogens (tertiary/aromatic N) is 4. The molecular weight excluding hydrogens is 408 g/mol. The Labute approximate surface area is 184 Å². The van der Waals surface area contributed by atoms with Gasteiger partial charge in [0.15, 0.2) is 0 Å². The molecule has 0 bridgehead atoms. The molecule has 0 amide bonds. The normalized spacial score (nSPS) is 11.6. The van der Waals surface area contributed by atoms with Gasteiger partial charge in [-0.2, -0.15) is 8.75 Å². The average molecular weight is 431 g/mol. The number of methoxy groups -OCH3 is 1. The Morgan fingerprint density at radius 3 is 2.61 bits per heavy atom. The Bertz CT molecular complexity index is 1370. The first-order valence-corrected chi connectivity index (χ1v) is 10.8. The van der Waals surface area contributed by atoms with Gasteiger partial charge in [0.1, 0.15) is 22.5 Å². The maximum atomic E-state index is 6.09. The lowest BCUT2D eigenvalue weighted by Gasteiger charge is -2.15. The van der Waals surface area contributed by atoms with E-state index >= 15 is 0 Å². The summed E-state index contributed by atoms with van der Waals surface area (Å²) >= 11 is 1.24. The van der Waals surface area contributed by atoms with Crippen molar-refractivity contribution in [3.63, 3.8) is 0 Å². The Hall–Kier alpha value is -3.29. The van der Waals surface area contributed by atoms with Crippen molar-refractivity contribution in [3.8, 4) is 17.2 Å². The maximum Gasteiger partial charge on any atom is 0.227 e. The van der Waals surface area contributed by atoms with Gasteiger partial charge in [-0.25, -0.2) is 4.98 Å². The number of hydrogen-bond donors (Lipinski definition) is 0. The van der Waals surface area contributed by atoms with Gasteiger partial charge in [-0.3, -0.25) is 4.90 Å². The Morgan fingerprint density at radius 1 is 0.968 bits per heavy atom. The van der Waals surface area contributed by atoms with Gasteiger partial charge >= 0.3 is 0 Å². The molecule has 0 saturated carbocycles. The first kappa shape index (κ1) is 19.7. The molecular formula is C24H22N4O2S. The number of ether oxygens (including phenoxy) is 1. The van der Waals surface area contributed by atoms with Crippen molar-refractivity contribution in [2.45, 2.75) is 20.0 Å². The fraction of sp³-hybridized carbons (Fsp3) is 0.208. The second-order valence-electron chi connectivity index (χ2n) is 7.64. The third kappa shape index (κ3) is 3.78. The summed E-state index contributed by atoms with van der Waals surface area (Å²) in [5.41, 5.74) is 5.00. The molecule has 0 radical (unpaired) electrons. The van der Waals surface area contributed by atoms with Crippen molar-refractivity contribution in [2.24, 2.45) is 0 Å². The molecule has 5 rings (SSSR count). The maximum absolute atomic E-state index is 6.09. The van der Waals surface area contributed by atoms with E-state index in [1.807, 2.05) is 37.3 Å². The molecule has 0 saturated heterocycles. The molecule has 3 aromatic carbocycles. The zero-order valence-corrected chi connectivity index (χ0v) is 18.4. The summed E-state index contributed by atoms with van der Waals surface area (Å²) in [6, 6.07) is 18.3. The highest BCUT2D eigenvalue weighted by Gasteiger charge is 2.17. The Kier molecular flexibility index (Phi) is 5.13. The molecule has 2 heterocycles. The molecule has 0 spiro atoms.